The number of benzene rings is 1. The zero-order valence-corrected chi connectivity index (χ0v) is 10.2. The molecule has 1 amide bonds. The van der Waals surface area contributed by atoms with Crippen LogP contribution in [0.5, 0.6) is 5.75 Å². The molecule has 0 spiro atoms. The Morgan fingerprint density at radius 1 is 1.47 bits per heavy atom. The molecule has 1 aromatic carbocycles. The Balaban J connectivity index is 2.99. The number of anilines is 1. The van der Waals surface area contributed by atoms with E-state index in [-0.39, 0.29) is 0 Å². The van der Waals surface area contributed by atoms with Crippen LogP contribution in [0, 0.1) is 6.92 Å². The molecule has 0 aromatic heterocycles. The smallest absolute Gasteiger partial charge is 0.394 e. The first kappa shape index (κ1) is 13.3. The summed E-state index contributed by atoms with van der Waals surface area (Å²) in [6.45, 7) is 4.02. The maximum atomic E-state index is 11.0. The van der Waals surface area contributed by atoms with Gasteiger partial charge in [-0.2, -0.15) is 0 Å². The van der Waals surface area contributed by atoms with E-state index in [1.165, 1.54) is 6.07 Å². The maximum Gasteiger partial charge on any atom is 0.394 e. The van der Waals surface area contributed by atoms with Crippen LogP contribution in [-0.4, -0.2) is 23.6 Å². The lowest BCUT2D eigenvalue weighted by atomic mass is 10.2. The van der Waals surface area contributed by atoms with E-state index in [0.717, 1.165) is 0 Å². The number of rotatable bonds is 3. The number of aliphatic carboxylic acids is 1. The third-order valence-corrected chi connectivity index (χ3v) is 2.32. The number of ether oxygens (including phenoxy) is 1. The molecule has 0 unspecified atom stereocenters. The summed E-state index contributed by atoms with van der Waals surface area (Å²) in [6.07, 6.45) is 0. The highest BCUT2D eigenvalue weighted by Crippen LogP contribution is 2.30. The summed E-state index contributed by atoms with van der Waals surface area (Å²) in [7, 11) is 0. The Hall–Kier alpha value is -1.75. The molecule has 0 atom stereocenters. The lowest BCUT2D eigenvalue weighted by Crippen LogP contribution is -2.22. The van der Waals surface area contributed by atoms with Gasteiger partial charge in [0.2, 0.25) is 0 Å². The number of carbonyl (C=O) groups is 2. The average Bonchev–Trinajstić information content (AvgIpc) is 2.25. The summed E-state index contributed by atoms with van der Waals surface area (Å²) in [5.74, 6) is -2.15. The van der Waals surface area contributed by atoms with Crippen molar-refractivity contribution >= 4 is 29.2 Å². The van der Waals surface area contributed by atoms with Crippen LogP contribution in [0.4, 0.5) is 5.69 Å². The summed E-state index contributed by atoms with van der Waals surface area (Å²) in [5, 5.41) is 11.0. The van der Waals surface area contributed by atoms with Crippen molar-refractivity contribution in [3.8, 4) is 5.75 Å². The van der Waals surface area contributed by atoms with Crippen LogP contribution in [0.3, 0.4) is 0 Å². The first-order valence-corrected chi connectivity index (χ1v) is 5.30. The number of carbonyl (C=O) groups excluding carboxylic acids is 1. The van der Waals surface area contributed by atoms with E-state index in [1.54, 1.807) is 13.0 Å². The monoisotopic (exact) mass is 257 g/mol. The minimum Gasteiger partial charge on any atom is -0.492 e. The fraction of sp³-hybridized carbons (Fsp3) is 0.273. The molecule has 1 rings (SSSR count). The molecular weight excluding hydrogens is 246 g/mol. The lowest BCUT2D eigenvalue weighted by molar-refractivity contribution is -0.147. The minimum atomic E-state index is -1.55. The van der Waals surface area contributed by atoms with E-state index < -0.39 is 11.9 Å². The van der Waals surface area contributed by atoms with Gasteiger partial charge < -0.3 is 15.2 Å². The third-order valence-electron chi connectivity index (χ3n) is 2.02. The number of carboxylic acid groups (broad SMARTS) is 1. The number of halogens is 1. The molecule has 0 radical (unpaired) electrons. The van der Waals surface area contributed by atoms with Crippen molar-refractivity contribution in [2.24, 2.45) is 0 Å². The molecule has 17 heavy (non-hydrogen) atoms. The molecule has 0 heterocycles. The molecule has 6 heteroatoms. The molecule has 1 aromatic rings. The van der Waals surface area contributed by atoms with Crippen LogP contribution < -0.4 is 10.1 Å². The van der Waals surface area contributed by atoms with Gasteiger partial charge in [-0.05, 0) is 31.5 Å². The fourth-order valence-electron chi connectivity index (χ4n) is 1.23. The van der Waals surface area contributed by atoms with Gasteiger partial charge in [-0.15, -0.1) is 0 Å². The van der Waals surface area contributed by atoms with Crippen LogP contribution in [0.1, 0.15) is 12.5 Å². The van der Waals surface area contributed by atoms with Crippen LogP contribution in [0.15, 0.2) is 12.1 Å². The first-order chi connectivity index (χ1) is 7.95. The molecule has 92 valence electrons. The van der Waals surface area contributed by atoms with Crippen molar-refractivity contribution in [1.82, 2.24) is 0 Å². The third kappa shape index (κ3) is 3.35. The molecule has 0 aliphatic carbocycles. The van der Waals surface area contributed by atoms with E-state index in [0.29, 0.717) is 28.6 Å². The largest absolute Gasteiger partial charge is 0.492 e. The summed E-state index contributed by atoms with van der Waals surface area (Å²) in [6, 6.07) is 3.10. The highest BCUT2D eigenvalue weighted by atomic mass is 35.5. The van der Waals surface area contributed by atoms with Crippen molar-refractivity contribution in [2.45, 2.75) is 13.8 Å². The standard InChI is InChI=1S/C11H12ClNO4/c1-3-17-9-4-6(2)8(5-7(9)12)13-10(14)11(15)16/h4-5H,3H2,1-2H3,(H,13,14)(H,15,16). The first-order valence-electron chi connectivity index (χ1n) is 4.93. The Kier molecular flexibility index (Phi) is 4.34. The van der Waals surface area contributed by atoms with Gasteiger partial charge in [0.1, 0.15) is 5.75 Å². The van der Waals surface area contributed by atoms with Crippen molar-refractivity contribution in [2.75, 3.05) is 11.9 Å². The number of hydrogen-bond donors (Lipinski definition) is 2. The molecular formula is C11H12ClNO4. The summed E-state index contributed by atoms with van der Waals surface area (Å²) < 4.78 is 5.26. The van der Waals surface area contributed by atoms with E-state index in [1.807, 2.05) is 6.92 Å². The van der Waals surface area contributed by atoms with E-state index >= 15 is 0 Å². The van der Waals surface area contributed by atoms with Crippen LogP contribution in [0.25, 0.3) is 0 Å². The quantitative estimate of drug-likeness (QED) is 0.813. The average molecular weight is 258 g/mol. The summed E-state index contributed by atoms with van der Waals surface area (Å²) >= 11 is 5.92. The van der Waals surface area contributed by atoms with Crippen molar-refractivity contribution in [3.63, 3.8) is 0 Å². The molecule has 0 aliphatic rings. The van der Waals surface area contributed by atoms with Crippen LogP contribution in [-0.2, 0) is 9.59 Å². The highest BCUT2D eigenvalue weighted by molar-refractivity contribution is 6.37. The second-order valence-corrected chi connectivity index (χ2v) is 3.70. The predicted molar refractivity (Wildman–Crippen MR) is 63.6 cm³/mol. The van der Waals surface area contributed by atoms with Gasteiger partial charge in [-0.1, -0.05) is 11.6 Å². The van der Waals surface area contributed by atoms with Crippen molar-refractivity contribution in [1.29, 1.82) is 0 Å². The number of nitrogens with one attached hydrogen (secondary N) is 1. The highest BCUT2D eigenvalue weighted by Gasteiger charge is 2.14. The van der Waals surface area contributed by atoms with E-state index in [4.69, 9.17) is 21.4 Å². The zero-order valence-electron chi connectivity index (χ0n) is 9.41. The molecule has 0 fully saturated rings. The van der Waals surface area contributed by atoms with Gasteiger partial charge >= 0.3 is 11.9 Å². The van der Waals surface area contributed by atoms with Crippen LogP contribution >= 0.6 is 11.6 Å². The molecule has 2 N–H and O–H groups in total. The minimum absolute atomic E-state index is 0.318. The SMILES string of the molecule is CCOc1cc(C)c(NC(=O)C(=O)O)cc1Cl. The van der Waals surface area contributed by atoms with Gasteiger partial charge in [0, 0.05) is 5.69 Å². The van der Waals surface area contributed by atoms with E-state index in [2.05, 4.69) is 5.32 Å². The molecule has 0 saturated heterocycles. The zero-order chi connectivity index (χ0) is 13.0. The molecule has 0 aliphatic heterocycles. The van der Waals surface area contributed by atoms with Crippen LogP contribution in [0.2, 0.25) is 5.02 Å². The van der Waals surface area contributed by atoms with Gasteiger partial charge in [0.25, 0.3) is 0 Å². The predicted octanol–water partition coefficient (Wildman–Crippen LogP) is 2.07. The van der Waals surface area contributed by atoms with Gasteiger partial charge in [-0.3, -0.25) is 4.79 Å². The normalized spacial score (nSPS) is 9.82. The number of carboxylic acids is 1. The molecule has 5 nitrogen and oxygen atoms in total. The van der Waals surface area contributed by atoms with Crippen molar-refractivity contribution in [3.05, 3.63) is 22.7 Å². The second kappa shape index (κ2) is 5.54. The number of aryl methyl sites for hydroxylation is 1. The Morgan fingerprint density at radius 2 is 2.12 bits per heavy atom. The topological polar surface area (TPSA) is 75.6 Å². The molecule has 0 saturated carbocycles. The van der Waals surface area contributed by atoms with Gasteiger partial charge in [0.05, 0.1) is 11.6 Å². The molecule has 0 bridgehead atoms. The Labute approximate surface area is 103 Å². The number of hydrogen-bond acceptors (Lipinski definition) is 3. The van der Waals surface area contributed by atoms with Gasteiger partial charge in [0.15, 0.2) is 0 Å². The van der Waals surface area contributed by atoms with Crippen molar-refractivity contribution < 1.29 is 19.4 Å². The van der Waals surface area contributed by atoms with Gasteiger partial charge in [-0.25, -0.2) is 4.79 Å². The Morgan fingerprint density at radius 3 is 2.65 bits per heavy atom. The van der Waals surface area contributed by atoms with E-state index in [9.17, 15) is 9.59 Å². The lowest BCUT2D eigenvalue weighted by Gasteiger charge is -2.11. The maximum absolute atomic E-state index is 11.0. The second-order valence-electron chi connectivity index (χ2n) is 3.29. The Bertz CT molecular complexity index is 459. The number of amides is 1. The summed E-state index contributed by atoms with van der Waals surface area (Å²) in [5.41, 5.74) is 1.03. The summed E-state index contributed by atoms with van der Waals surface area (Å²) in [4.78, 5) is 21.4. The fourth-order valence-corrected chi connectivity index (χ4v) is 1.45.